The number of hydrogen-bond donors (Lipinski definition) is 0. The third-order valence-electron chi connectivity index (χ3n) is 5.54. The molecule has 2 aromatic carbocycles. The van der Waals surface area contributed by atoms with Crippen molar-refractivity contribution in [1.82, 2.24) is 19.7 Å². The lowest BCUT2D eigenvalue weighted by molar-refractivity contribution is 0.174. The van der Waals surface area contributed by atoms with E-state index in [1.807, 2.05) is 30.3 Å². The van der Waals surface area contributed by atoms with Crippen molar-refractivity contribution in [2.45, 2.75) is 50.8 Å². The highest BCUT2D eigenvalue weighted by atomic mass is 32.2. The first-order valence-electron chi connectivity index (χ1n) is 11.2. The number of nitrogens with zero attached hydrogens (tertiary/aromatic N) is 4. The van der Waals surface area contributed by atoms with Crippen molar-refractivity contribution in [2.24, 2.45) is 0 Å². The van der Waals surface area contributed by atoms with Crippen LogP contribution in [0.15, 0.2) is 53.0 Å². The van der Waals surface area contributed by atoms with Gasteiger partial charge in [-0.2, -0.15) is 0 Å². The molecule has 0 aliphatic carbocycles. The van der Waals surface area contributed by atoms with E-state index in [4.69, 9.17) is 19.2 Å². The molecule has 34 heavy (non-hydrogen) atoms. The highest BCUT2D eigenvalue weighted by Crippen LogP contribution is 2.37. The van der Waals surface area contributed by atoms with E-state index in [2.05, 4.69) is 53.0 Å². The van der Waals surface area contributed by atoms with Crippen LogP contribution in [0.4, 0.5) is 0 Å². The number of rotatable bonds is 9. The van der Waals surface area contributed by atoms with Crippen LogP contribution in [0.2, 0.25) is 0 Å². The van der Waals surface area contributed by atoms with Gasteiger partial charge in [0.25, 0.3) is 0 Å². The molecular weight excluding hydrogens is 468 g/mol. The van der Waals surface area contributed by atoms with E-state index in [1.54, 1.807) is 23.1 Å². The molecule has 0 saturated carbocycles. The predicted molar refractivity (Wildman–Crippen MR) is 134 cm³/mol. The standard InChI is InChI=1S/C25H26N4O3S2/c1-4-29-23(12-30-20-8-5-17(6-9-20)16(2)3)27-28-25(29)34-14-19-13-33-24(26-19)18-7-10-21-22(11-18)32-15-31-21/h5-11,13,16H,4,12,14-15H2,1-3H3. The Morgan fingerprint density at radius 3 is 2.71 bits per heavy atom. The van der Waals surface area contributed by atoms with Gasteiger partial charge in [-0.1, -0.05) is 37.7 Å². The molecule has 7 nitrogen and oxygen atoms in total. The number of aromatic nitrogens is 4. The van der Waals surface area contributed by atoms with Gasteiger partial charge in [0.1, 0.15) is 17.4 Å². The summed E-state index contributed by atoms with van der Waals surface area (Å²) in [5.74, 6) is 4.42. The van der Waals surface area contributed by atoms with Gasteiger partial charge in [-0.3, -0.25) is 0 Å². The van der Waals surface area contributed by atoms with Crippen LogP contribution < -0.4 is 14.2 Å². The van der Waals surface area contributed by atoms with Crippen LogP contribution in [0.1, 0.15) is 43.8 Å². The minimum Gasteiger partial charge on any atom is -0.486 e. The van der Waals surface area contributed by atoms with Gasteiger partial charge in [0.05, 0.1) is 5.69 Å². The lowest BCUT2D eigenvalue weighted by Gasteiger charge is -2.10. The molecular formula is C25H26N4O3S2. The fraction of sp³-hybridized carbons (Fsp3) is 0.320. The van der Waals surface area contributed by atoms with Crippen LogP contribution in [-0.4, -0.2) is 26.5 Å². The SMILES string of the molecule is CCn1c(COc2ccc(C(C)C)cc2)nnc1SCc1csc(-c2ccc3c(c2)OCO3)n1. The summed E-state index contributed by atoms with van der Waals surface area (Å²) in [6, 6.07) is 14.2. The van der Waals surface area contributed by atoms with Gasteiger partial charge in [-0.05, 0) is 48.7 Å². The van der Waals surface area contributed by atoms with Crippen LogP contribution in [0.5, 0.6) is 17.2 Å². The first kappa shape index (κ1) is 22.7. The fourth-order valence-electron chi connectivity index (χ4n) is 3.62. The van der Waals surface area contributed by atoms with E-state index in [0.29, 0.717) is 12.5 Å². The number of benzene rings is 2. The van der Waals surface area contributed by atoms with E-state index < -0.39 is 0 Å². The minimum absolute atomic E-state index is 0.272. The molecule has 3 heterocycles. The summed E-state index contributed by atoms with van der Waals surface area (Å²) >= 11 is 3.26. The zero-order valence-electron chi connectivity index (χ0n) is 19.4. The van der Waals surface area contributed by atoms with Crippen molar-refractivity contribution in [1.29, 1.82) is 0 Å². The Balaban J connectivity index is 1.21. The van der Waals surface area contributed by atoms with Crippen LogP contribution in [0.3, 0.4) is 0 Å². The predicted octanol–water partition coefficient (Wildman–Crippen LogP) is 6.14. The highest BCUT2D eigenvalue weighted by Gasteiger charge is 2.16. The number of hydrogen-bond acceptors (Lipinski definition) is 8. The van der Waals surface area contributed by atoms with Crippen molar-refractivity contribution >= 4 is 23.1 Å². The molecule has 0 atom stereocenters. The second-order valence-corrected chi connectivity index (χ2v) is 9.96. The monoisotopic (exact) mass is 494 g/mol. The van der Waals surface area contributed by atoms with Crippen molar-refractivity contribution in [2.75, 3.05) is 6.79 Å². The smallest absolute Gasteiger partial charge is 0.231 e. The highest BCUT2D eigenvalue weighted by molar-refractivity contribution is 7.98. The zero-order valence-corrected chi connectivity index (χ0v) is 21.0. The molecule has 4 aromatic rings. The van der Waals surface area contributed by atoms with E-state index in [-0.39, 0.29) is 6.79 Å². The maximum Gasteiger partial charge on any atom is 0.231 e. The second kappa shape index (κ2) is 10.1. The maximum atomic E-state index is 5.97. The summed E-state index contributed by atoms with van der Waals surface area (Å²) in [7, 11) is 0. The fourth-order valence-corrected chi connectivity index (χ4v) is 5.46. The molecule has 0 saturated heterocycles. The Morgan fingerprint density at radius 2 is 1.91 bits per heavy atom. The van der Waals surface area contributed by atoms with Crippen molar-refractivity contribution in [3.05, 3.63) is 64.9 Å². The number of thioether (sulfide) groups is 1. The Labute approximate surface area is 207 Å². The van der Waals surface area contributed by atoms with Crippen LogP contribution in [0.25, 0.3) is 10.6 Å². The number of fused-ring (bicyclic) bond motifs is 1. The molecule has 0 unspecified atom stereocenters. The summed E-state index contributed by atoms with van der Waals surface area (Å²) in [6.07, 6.45) is 0. The molecule has 9 heteroatoms. The normalized spacial score (nSPS) is 12.5. The van der Waals surface area contributed by atoms with Crippen LogP contribution in [0, 0.1) is 0 Å². The van der Waals surface area contributed by atoms with Gasteiger partial charge in [0.2, 0.25) is 6.79 Å². The number of thiazole rings is 1. The van der Waals surface area contributed by atoms with Gasteiger partial charge in [0.15, 0.2) is 22.5 Å². The van der Waals surface area contributed by atoms with Crippen LogP contribution in [-0.2, 0) is 18.9 Å². The third kappa shape index (κ3) is 4.90. The molecule has 1 aliphatic heterocycles. The van der Waals surface area contributed by atoms with Gasteiger partial charge in [-0.25, -0.2) is 4.98 Å². The molecule has 176 valence electrons. The van der Waals surface area contributed by atoms with E-state index in [9.17, 15) is 0 Å². The Hall–Kier alpha value is -3.04. The Bertz CT molecular complexity index is 1270. The molecule has 2 aromatic heterocycles. The molecule has 1 aliphatic rings. The van der Waals surface area contributed by atoms with E-state index in [1.165, 1.54) is 5.56 Å². The largest absolute Gasteiger partial charge is 0.486 e. The molecule has 0 radical (unpaired) electrons. The quantitative estimate of drug-likeness (QED) is 0.259. The van der Waals surface area contributed by atoms with Crippen LogP contribution >= 0.6 is 23.1 Å². The van der Waals surface area contributed by atoms with Gasteiger partial charge in [-0.15, -0.1) is 21.5 Å². The molecule has 0 fully saturated rings. The van der Waals surface area contributed by atoms with Crippen molar-refractivity contribution in [3.8, 4) is 27.8 Å². The maximum absolute atomic E-state index is 5.97. The van der Waals surface area contributed by atoms with Gasteiger partial charge < -0.3 is 18.8 Å². The summed E-state index contributed by atoms with van der Waals surface area (Å²) in [5, 5.41) is 12.7. The lowest BCUT2D eigenvalue weighted by Crippen LogP contribution is -2.07. The summed E-state index contributed by atoms with van der Waals surface area (Å²) < 4.78 is 18.9. The van der Waals surface area contributed by atoms with Crippen molar-refractivity contribution in [3.63, 3.8) is 0 Å². The first-order chi connectivity index (χ1) is 16.6. The summed E-state index contributed by atoms with van der Waals surface area (Å²) in [4.78, 5) is 4.80. The Morgan fingerprint density at radius 1 is 1.09 bits per heavy atom. The Kier molecular flexibility index (Phi) is 6.73. The van der Waals surface area contributed by atoms with E-state index >= 15 is 0 Å². The summed E-state index contributed by atoms with van der Waals surface area (Å²) in [6.45, 7) is 7.89. The molecule has 0 amide bonds. The van der Waals surface area contributed by atoms with Gasteiger partial charge in [0, 0.05) is 23.2 Å². The molecule has 0 N–H and O–H groups in total. The van der Waals surface area contributed by atoms with Crippen molar-refractivity contribution < 1.29 is 14.2 Å². The lowest BCUT2D eigenvalue weighted by atomic mass is 10.0. The van der Waals surface area contributed by atoms with Gasteiger partial charge >= 0.3 is 0 Å². The average molecular weight is 495 g/mol. The first-order valence-corrected chi connectivity index (χ1v) is 13.1. The molecule has 0 spiro atoms. The average Bonchev–Trinajstić information content (AvgIpc) is 3.60. The summed E-state index contributed by atoms with van der Waals surface area (Å²) in [5.41, 5.74) is 3.34. The topological polar surface area (TPSA) is 71.3 Å². The zero-order chi connectivity index (χ0) is 23.5. The third-order valence-corrected chi connectivity index (χ3v) is 7.49. The molecule has 0 bridgehead atoms. The minimum atomic E-state index is 0.272. The second-order valence-electron chi connectivity index (χ2n) is 8.16. The number of ether oxygens (including phenoxy) is 3. The van der Waals surface area contributed by atoms with E-state index in [0.717, 1.165) is 56.8 Å². The molecule has 5 rings (SSSR count).